The number of nitrogens with one attached hydrogen (secondary N) is 3. The molecule has 1 atom stereocenters. The van der Waals surface area contributed by atoms with Crippen molar-refractivity contribution in [2.45, 2.75) is 6.04 Å². The summed E-state index contributed by atoms with van der Waals surface area (Å²) < 4.78 is 0. The number of anilines is 2. The molecule has 7 nitrogen and oxygen atoms in total. The summed E-state index contributed by atoms with van der Waals surface area (Å²) in [5.41, 5.74) is 1.39. The first-order valence-corrected chi connectivity index (χ1v) is 10.3. The van der Waals surface area contributed by atoms with Crippen molar-refractivity contribution in [1.82, 2.24) is 15.5 Å². The molecule has 1 saturated heterocycles. The number of rotatable bonds is 6. The fourth-order valence-corrected chi connectivity index (χ4v) is 4.29. The molecule has 2 heterocycles. The van der Waals surface area contributed by atoms with Gasteiger partial charge in [0.1, 0.15) is 0 Å². The first-order valence-electron chi connectivity index (χ1n) is 9.00. The molecule has 3 amide bonds. The number of carbonyl (C=O) groups excluding carboxylic acids is 2. The number of carbonyl (C=O) groups is 2. The zero-order chi connectivity index (χ0) is 20.1. The highest BCUT2D eigenvalue weighted by atomic mass is 35.5. The van der Waals surface area contributed by atoms with Crippen LogP contribution in [0.1, 0.15) is 10.9 Å². The van der Waals surface area contributed by atoms with Gasteiger partial charge >= 0.3 is 6.03 Å². The van der Waals surface area contributed by atoms with Crippen LogP contribution in [0.25, 0.3) is 0 Å². The molecule has 1 aromatic heterocycles. The summed E-state index contributed by atoms with van der Waals surface area (Å²) in [4.78, 5) is 29.1. The van der Waals surface area contributed by atoms with E-state index >= 15 is 0 Å². The Labute approximate surface area is 173 Å². The quantitative estimate of drug-likeness (QED) is 0.670. The monoisotopic (exact) mass is 421 g/mol. The van der Waals surface area contributed by atoms with Gasteiger partial charge in [-0.2, -0.15) is 0 Å². The molecule has 28 heavy (non-hydrogen) atoms. The molecule has 1 aliphatic rings. The van der Waals surface area contributed by atoms with E-state index < -0.39 is 0 Å². The van der Waals surface area contributed by atoms with Gasteiger partial charge in [-0.3, -0.25) is 4.79 Å². The van der Waals surface area contributed by atoms with Crippen molar-refractivity contribution in [3.05, 3.63) is 45.6 Å². The Morgan fingerprint density at radius 1 is 1.39 bits per heavy atom. The highest BCUT2D eigenvalue weighted by Gasteiger charge is 2.19. The second-order valence-corrected chi connectivity index (χ2v) is 8.15. The largest absolute Gasteiger partial charge is 0.359 e. The molecule has 0 spiro atoms. The van der Waals surface area contributed by atoms with Crippen LogP contribution >= 0.6 is 22.9 Å². The maximum absolute atomic E-state index is 12.3. The van der Waals surface area contributed by atoms with E-state index in [-0.39, 0.29) is 24.5 Å². The van der Waals surface area contributed by atoms with Crippen molar-refractivity contribution in [2.24, 2.45) is 0 Å². The number of hydrogen-bond acceptors (Lipinski definition) is 5. The topological polar surface area (TPSA) is 76.7 Å². The summed E-state index contributed by atoms with van der Waals surface area (Å²) in [5.74, 6) is -0.0231. The molecular formula is C19H24ClN5O2S. The van der Waals surface area contributed by atoms with E-state index in [0.717, 1.165) is 5.69 Å². The van der Waals surface area contributed by atoms with Crippen LogP contribution in [0.15, 0.2) is 35.7 Å². The van der Waals surface area contributed by atoms with Crippen molar-refractivity contribution in [3.8, 4) is 0 Å². The second-order valence-electron chi connectivity index (χ2n) is 6.77. The van der Waals surface area contributed by atoms with Crippen LogP contribution in [0, 0.1) is 0 Å². The Hall–Kier alpha value is -2.29. The molecule has 9 heteroatoms. The lowest BCUT2D eigenvalue weighted by Gasteiger charge is -2.29. The summed E-state index contributed by atoms with van der Waals surface area (Å²) >= 11 is 8.05. The van der Waals surface area contributed by atoms with Crippen LogP contribution in [0.3, 0.4) is 0 Å². The van der Waals surface area contributed by atoms with Gasteiger partial charge in [0, 0.05) is 30.2 Å². The molecule has 150 valence electrons. The van der Waals surface area contributed by atoms with Gasteiger partial charge in [0.2, 0.25) is 5.91 Å². The SMILES string of the molecule is CN(C)[C@H](CNC(=O)Nc1ccc(N2CCNC(=O)C2)c(Cl)c1)c1cccs1. The number of benzene rings is 1. The summed E-state index contributed by atoms with van der Waals surface area (Å²) in [6.45, 7) is 2.07. The first kappa shape index (κ1) is 20.4. The van der Waals surface area contributed by atoms with Crippen molar-refractivity contribution < 1.29 is 9.59 Å². The predicted molar refractivity (Wildman–Crippen MR) is 114 cm³/mol. The molecular weight excluding hydrogens is 398 g/mol. The van der Waals surface area contributed by atoms with Crippen LogP contribution in [0.5, 0.6) is 0 Å². The van der Waals surface area contributed by atoms with E-state index in [4.69, 9.17) is 11.6 Å². The lowest BCUT2D eigenvalue weighted by molar-refractivity contribution is -0.120. The van der Waals surface area contributed by atoms with Crippen LogP contribution in [0.4, 0.5) is 16.2 Å². The van der Waals surface area contributed by atoms with Gasteiger partial charge in [-0.15, -0.1) is 11.3 Å². The minimum Gasteiger partial charge on any atom is -0.359 e. The number of hydrogen-bond donors (Lipinski definition) is 3. The third-order valence-electron chi connectivity index (χ3n) is 4.54. The second kappa shape index (κ2) is 9.27. The Balaban J connectivity index is 1.58. The smallest absolute Gasteiger partial charge is 0.319 e. The number of urea groups is 1. The number of halogens is 1. The predicted octanol–water partition coefficient (Wildman–Crippen LogP) is 2.76. The average molecular weight is 422 g/mol. The van der Waals surface area contributed by atoms with Gasteiger partial charge in [0.05, 0.1) is 23.3 Å². The molecule has 0 aliphatic carbocycles. The third-order valence-corrected chi connectivity index (χ3v) is 5.81. The number of piperazine rings is 1. The molecule has 1 aromatic carbocycles. The van der Waals surface area contributed by atoms with Gasteiger partial charge < -0.3 is 25.8 Å². The number of likely N-dealkylation sites (N-methyl/N-ethyl adjacent to an activating group) is 1. The molecule has 3 rings (SSSR count). The zero-order valence-corrected chi connectivity index (χ0v) is 17.4. The van der Waals surface area contributed by atoms with E-state index in [9.17, 15) is 9.59 Å². The molecule has 1 aliphatic heterocycles. The van der Waals surface area contributed by atoms with E-state index in [1.807, 2.05) is 36.5 Å². The van der Waals surface area contributed by atoms with E-state index in [0.29, 0.717) is 30.3 Å². The molecule has 2 aromatic rings. The van der Waals surface area contributed by atoms with E-state index in [1.165, 1.54) is 4.88 Å². The van der Waals surface area contributed by atoms with E-state index in [1.54, 1.807) is 23.5 Å². The van der Waals surface area contributed by atoms with Crippen LogP contribution in [-0.4, -0.2) is 57.1 Å². The summed E-state index contributed by atoms with van der Waals surface area (Å²) in [6, 6.07) is 9.21. The summed E-state index contributed by atoms with van der Waals surface area (Å²) in [5, 5.41) is 11.0. The maximum atomic E-state index is 12.3. The van der Waals surface area contributed by atoms with Gasteiger partial charge in [0.15, 0.2) is 0 Å². The third kappa shape index (κ3) is 5.15. The fraction of sp³-hybridized carbons (Fsp3) is 0.368. The average Bonchev–Trinajstić information content (AvgIpc) is 3.16. The first-order chi connectivity index (χ1) is 13.4. The maximum Gasteiger partial charge on any atom is 0.319 e. The highest BCUT2D eigenvalue weighted by molar-refractivity contribution is 7.10. The van der Waals surface area contributed by atoms with Crippen molar-refractivity contribution >= 4 is 46.3 Å². The van der Waals surface area contributed by atoms with Crippen LogP contribution in [-0.2, 0) is 4.79 Å². The van der Waals surface area contributed by atoms with Gasteiger partial charge in [0.25, 0.3) is 0 Å². The molecule has 0 bridgehead atoms. The molecule has 1 fully saturated rings. The molecule has 0 saturated carbocycles. The Bertz CT molecular complexity index is 828. The normalized spacial score (nSPS) is 15.3. The van der Waals surface area contributed by atoms with Crippen molar-refractivity contribution in [2.75, 3.05) is 50.5 Å². The molecule has 0 unspecified atom stereocenters. The standard InChI is InChI=1S/C19H24ClN5O2S/c1-24(2)16(17-4-3-9-28-17)11-22-19(27)23-13-5-6-15(14(20)10-13)25-8-7-21-18(26)12-25/h3-6,9-10,16H,7-8,11-12H2,1-2H3,(H,21,26)(H2,22,23,27)/t16-/m1/s1. The minimum atomic E-state index is -0.287. The lowest BCUT2D eigenvalue weighted by atomic mass is 10.2. The fourth-order valence-electron chi connectivity index (χ4n) is 3.07. The molecule has 3 N–H and O–H groups in total. The zero-order valence-electron chi connectivity index (χ0n) is 15.9. The van der Waals surface area contributed by atoms with E-state index in [2.05, 4.69) is 26.9 Å². The number of amides is 3. The minimum absolute atomic E-state index is 0.0231. The number of nitrogens with zero attached hydrogens (tertiary/aromatic N) is 2. The lowest BCUT2D eigenvalue weighted by Crippen LogP contribution is -2.47. The van der Waals surface area contributed by atoms with Crippen LogP contribution < -0.4 is 20.9 Å². The van der Waals surface area contributed by atoms with Gasteiger partial charge in [-0.25, -0.2) is 4.79 Å². The Morgan fingerprint density at radius 2 is 2.21 bits per heavy atom. The number of thiophene rings is 1. The van der Waals surface area contributed by atoms with Crippen LogP contribution in [0.2, 0.25) is 5.02 Å². The summed E-state index contributed by atoms with van der Waals surface area (Å²) in [7, 11) is 3.98. The van der Waals surface area contributed by atoms with Crippen molar-refractivity contribution in [3.63, 3.8) is 0 Å². The Kier molecular flexibility index (Phi) is 6.77. The van der Waals surface area contributed by atoms with Gasteiger partial charge in [-0.05, 0) is 43.7 Å². The molecule has 0 radical (unpaired) electrons. The van der Waals surface area contributed by atoms with Gasteiger partial charge in [-0.1, -0.05) is 17.7 Å². The Morgan fingerprint density at radius 3 is 2.86 bits per heavy atom. The van der Waals surface area contributed by atoms with Crippen molar-refractivity contribution in [1.29, 1.82) is 0 Å². The highest BCUT2D eigenvalue weighted by Crippen LogP contribution is 2.29. The summed E-state index contributed by atoms with van der Waals surface area (Å²) in [6.07, 6.45) is 0.